The van der Waals surface area contributed by atoms with Crippen LogP contribution in [-0.2, 0) is 4.74 Å². The van der Waals surface area contributed by atoms with Gasteiger partial charge in [-0.25, -0.2) is 9.78 Å². The number of nitrogens with zero attached hydrogens (tertiary/aromatic N) is 3. The number of hydrogen-bond acceptors (Lipinski definition) is 6. The molecule has 1 unspecified atom stereocenters. The molecule has 114 valence electrons. The van der Waals surface area contributed by atoms with Gasteiger partial charge in [-0.15, -0.1) is 0 Å². The van der Waals surface area contributed by atoms with Crippen molar-refractivity contribution in [2.75, 3.05) is 24.6 Å². The average molecular weight is 295 g/mol. The molecule has 0 aromatic carbocycles. The molecule has 0 saturated carbocycles. The molecule has 0 spiro atoms. The number of nitro groups is 1. The molecular weight excluding hydrogens is 278 g/mol. The van der Waals surface area contributed by atoms with E-state index >= 15 is 0 Å². The zero-order valence-electron chi connectivity index (χ0n) is 11.7. The number of ether oxygens (including phenoxy) is 1. The second kappa shape index (κ2) is 6.49. The van der Waals surface area contributed by atoms with E-state index in [1.165, 1.54) is 0 Å². The van der Waals surface area contributed by atoms with Gasteiger partial charge in [-0.3, -0.25) is 10.1 Å². The van der Waals surface area contributed by atoms with Crippen LogP contribution in [0.1, 0.15) is 30.1 Å². The Labute approximate surface area is 121 Å². The van der Waals surface area contributed by atoms with E-state index in [1.807, 2.05) is 6.92 Å². The molecule has 8 nitrogen and oxygen atoms in total. The Morgan fingerprint density at radius 2 is 2.43 bits per heavy atom. The molecule has 2 rings (SSSR count). The molecule has 1 atom stereocenters. The predicted molar refractivity (Wildman–Crippen MR) is 74.7 cm³/mol. The number of rotatable bonds is 5. The van der Waals surface area contributed by atoms with Crippen molar-refractivity contribution in [2.24, 2.45) is 0 Å². The zero-order chi connectivity index (χ0) is 15.4. The van der Waals surface area contributed by atoms with E-state index in [1.54, 1.807) is 4.90 Å². The summed E-state index contributed by atoms with van der Waals surface area (Å²) in [5.74, 6) is -1.03. The van der Waals surface area contributed by atoms with Crippen LogP contribution >= 0.6 is 0 Å². The summed E-state index contributed by atoms with van der Waals surface area (Å²) in [5, 5.41) is 20.1. The minimum atomic E-state index is -1.23. The molecule has 1 aromatic rings. The smallest absolute Gasteiger partial charge is 0.337 e. The summed E-state index contributed by atoms with van der Waals surface area (Å²) < 4.78 is 5.56. The molecule has 1 aliphatic rings. The predicted octanol–water partition coefficient (Wildman–Crippen LogP) is 1.69. The average Bonchev–Trinajstić information content (AvgIpc) is 2.47. The number of anilines is 1. The lowest BCUT2D eigenvalue weighted by molar-refractivity contribution is -0.384. The first kappa shape index (κ1) is 15.2. The Balaban J connectivity index is 2.29. The van der Waals surface area contributed by atoms with Gasteiger partial charge in [0.15, 0.2) is 0 Å². The van der Waals surface area contributed by atoms with Crippen molar-refractivity contribution in [1.29, 1.82) is 0 Å². The van der Waals surface area contributed by atoms with Gasteiger partial charge < -0.3 is 14.7 Å². The van der Waals surface area contributed by atoms with Crippen molar-refractivity contribution in [3.8, 4) is 0 Å². The van der Waals surface area contributed by atoms with E-state index in [9.17, 15) is 14.9 Å². The first-order valence-corrected chi connectivity index (χ1v) is 6.77. The van der Waals surface area contributed by atoms with Crippen molar-refractivity contribution >= 4 is 17.5 Å². The van der Waals surface area contributed by atoms with E-state index in [0.29, 0.717) is 19.7 Å². The zero-order valence-corrected chi connectivity index (χ0v) is 11.7. The van der Waals surface area contributed by atoms with Gasteiger partial charge in [0.25, 0.3) is 0 Å². The fourth-order valence-corrected chi connectivity index (χ4v) is 2.44. The highest BCUT2D eigenvalue weighted by atomic mass is 16.6. The van der Waals surface area contributed by atoms with Crippen molar-refractivity contribution in [3.05, 3.63) is 27.9 Å². The van der Waals surface area contributed by atoms with Crippen LogP contribution in [0.5, 0.6) is 0 Å². The molecule has 0 aliphatic carbocycles. The fourth-order valence-electron chi connectivity index (χ4n) is 2.44. The van der Waals surface area contributed by atoms with Crippen molar-refractivity contribution < 1.29 is 19.6 Å². The van der Waals surface area contributed by atoms with Gasteiger partial charge in [-0.2, -0.15) is 0 Å². The third-order valence-electron chi connectivity index (χ3n) is 3.37. The topological polar surface area (TPSA) is 106 Å². The first-order chi connectivity index (χ1) is 10.0. The van der Waals surface area contributed by atoms with Crippen molar-refractivity contribution in [3.63, 3.8) is 0 Å². The van der Waals surface area contributed by atoms with Gasteiger partial charge in [0.1, 0.15) is 0 Å². The Bertz CT molecular complexity index is 547. The van der Waals surface area contributed by atoms with E-state index in [0.717, 1.165) is 25.1 Å². The highest BCUT2D eigenvalue weighted by Crippen LogP contribution is 2.29. The minimum absolute atomic E-state index is 0.0179. The van der Waals surface area contributed by atoms with E-state index in [4.69, 9.17) is 9.84 Å². The van der Waals surface area contributed by atoms with Crippen LogP contribution in [-0.4, -0.2) is 46.8 Å². The maximum atomic E-state index is 11.2. The Morgan fingerprint density at radius 3 is 3.05 bits per heavy atom. The highest BCUT2D eigenvalue weighted by molar-refractivity contribution is 5.88. The van der Waals surface area contributed by atoms with Crippen LogP contribution < -0.4 is 4.90 Å². The number of pyridine rings is 1. The third kappa shape index (κ3) is 3.46. The summed E-state index contributed by atoms with van der Waals surface area (Å²) in [5.41, 5.74) is -0.476. The maximum Gasteiger partial charge on any atom is 0.337 e. The molecule has 0 radical (unpaired) electrons. The summed E-state index contributed by atoms with van der Waals surface area (Å²) in [6, 6.07) is 1.05. The molecule has 1 N–H and O–H groups in total. The summed E-state index contributed by atoms with van der Waals surface area (Å²) in [6.07, 6.45) is 2.93. The van der Waals surface area contributed by atoms with Gasteiger partial charge in [-0.05, 0) is 19.8 Å². The number of hydrogen-bond donors (Lipinski definition) is 1. The lowest BCUT2D eigenvalue weighted by Crippen LogP contribution is -2.40. The number of piperidine rings is 1. The second-order valence-electron chi connectivity index (χ2n) is 4.79. The summed E-state index contributed by atoms with van der Waals surface area (Å²) in [4.78, 5) is 27.2. The molecule has 2 heterocycles. The molecule has 0 amide bonds. The standard InChI is InChI=1S/C13H17N3O5/c1-2-21-10-4-3-5-15(8-10)12-11(16(19)20)6-9(7-14-12)13(17)18/h6-7,10H,2-5,8H2,1H3,(H,17,18). The monoisotopic (exact) mass is 295 g/mol. The van der Waals surface area contributed by atoms with Crippen LogP contribution in [0.2, 0.25) is 0 Å². The molecule has 0 bridgehead atoms. The van der Waals surface area contributed by atoms with Gasteiger partial charge in [0, 0.05) is 32.0 Å². The largest absolute Gasteiger partial charge is 0.478 e. The van der Waals surface area contributed by atoms with E-state index in [2.05, 4.69) is 4.98 Å². The third-order valence-corrected chi connectivity index (χ3v) is 3.37. The van der Waals surface area contributed by atoms with E-state index in [-0.39, 0.29) is 23.2 Å². The summed E-state index contributed by atoms with van der Waals surface area (Å²) in [7, 11) is 0. The maximum absolute atomic E-state index is 11.2. The van der Waals surface area contributed by atoms with Gasteiger partial charge >= 0.3 is 11.7 Å². The summed E-state index contributed by atoms with van der Waals surface area (Å²) in [6.45, 7) is 3.66. The molecule has 1 aliphatic heterocycles. The van der Waals surface area contributed by atoms with Gasteiger partial charge in [0.2, 0.25) is 5.82 Å². The molecule has 1 aromatic heterocycles. The Morgan fingerprint density at radius 1 is 1.67 bits per heavy atom. The van der Waals surface area contributed by atoms with Crippen molar-refractivity contribution in [1.82, 2.24) is 4.98 Å². The quantitative estimate of drug-likeness (QED) is 0.650. The van der Waals surface area contributed by atoms with Crippen LogP contribution in [0, 0.1) is 10.1 Å². The number of aromatic nitrogens is 1. The SMILES string of the molecule is CCOC1CCCN(c2ncc(C(=O)O)cc2[N+](=O)[O-])C1. The molecule has 21 heavy (non-hydrogen) atoms. The molecule has 1 fully saturated rings. The molecule has 1 saturated heterocycles. The molecule has 8 heteroatoms. The van der Waals surface area contributed by atoms with Crippen LogP contribution in [0.3, 0.4) is 0 Å². The lowest BCUT2D eigenvalue weighted by atomic mass is 10.1. The van der Waals surface area contributed by atoms with E-state index < -0.39 is 10.9 Å². The Hall–Kier alpha value is -2.22. The van der Waals surface area contributed by atoms with Crippen LogP contribution in [0.15, 0.2) is 12.3 Å². The number of carboxylic acid groups (broad SMARTS) is 1. The molecular formula is C13H17N3O5. The highest BCUT2D eigenvalue weighted by Gasteiger charge is 2.28. The van der Waals surface area contributed by atoms with Crippen LogP contribution in [0.4, 0.5) is 11.5 Å². The second-order valence-corrected chi connectivity index (χ2v) is 4.79. The number of carboxylic acids is 1. The van der Waals surface area contributed by atoms with Gasteiger partial charge in [0.05, 0.1) is 16.6 Å². The Kier molecular flexibility index (Phi) is 4.69. The van der Waals surface area contributed by atoms with Crippen LogP contribution in [0.25, 0.3) is 0 Å². The van der Waals surface area contributed by atoms with Gasteiger partial charge in [-0.1, -0.05) is 0 Å². The minimum Gasteiger partial charge on any atom is -0.478 e. The lowest BCUT2D eigenvalue weighted by Gasteiger charge is -2.32. The normalized spacial score (nSPS) is 18.5. The summed E-state index contributed by atoms with van der Waals surface area (Å²) >= 11 is 0. The fraction of sp³-hybridized carbons (Fsp3) is 0.538. The number of carbonyl (C=O) groups is 1. The first-order valence-electron chi connectivity index (χ1n) is 6.77. The van der Waals surface area contributed by atoms with Crippen molar-refractivity contribution in [2.45, 2.75) is 25.9 Å². The number of aromatic carboxylic acids is 1.